The average molecular weight is 366 g/mol. The van der Waals surface area contributed by atoms with Gasteiger partial charge in [-0.15, -0.1) is 0 Å². The van der Waals surface area contributed by atoms with Crippen LogP contribution in [0, 0.1) is 0 Å². The number of anilines is 1. The van der Waals surface area contributed by atoms with E-state index >= 15 is 0 Å². The fourth-order valence-electron chi connectivity index (χ4n) is 3.89. The zero-order valence-corrected chi connectivity index (χ0v) is 15.6. The van der Waals surface area contributed by atoms with Crippen molar-refractivity contribution in [3.63, 3.8) is 0 Å². The second kappa shape index (κ2) is 7.91. The Morgan fingerprint density at radius 3 is 2.60 bits per heavy atom. The van der Waals surface area contributed by atoms with Crippen LogP contribution in [0.4, 0.5) is 5.69 Å². The molecule has 2 heterocycles. The number of nitrogens with zero attached hydrogens (tertiary/aromatic N) is 2. The molecule has 3 rings (SSSR count). The monoisotopic (exact) mass is 365 g/mol. The smallest absolute Gasteiger partial charge is 0.254 e. The molecule has 25 heavy (non-hydrogen) atoms. The van der Waals surface area contributed by atoms with Gasteiger partial charge in [-0.1, -0.05) is 17.7 Å². The number of benzene rings is 1. The number of nitrogens with one attached hydrogen (secondary N) is 2. The van der Waals surface area contributed by atoms with Crippen molar-refractivity contribution < 1.29 is 4.79 Å². The minimum atomic E-state index is -0.184. The summed E-state index contributed by atoms with van der Waals surface area (Å²) in [4.78, 5) is 17.6. The molecule has 138 valence electrons. The molecule has 1 aromatic rings. The van der Waals surface area contributed by atoms with Gasteiger partial charge in [0.25, 0.3) is 5.91 Å². The first-order chi connectivity index (χ1) is 12.0. The number of hydrogen-bond donors (Lipinski definition) is 3. The summed E-state index contributed by atoms with van der Waals surface area (Å²) in [5.41, 5.74) is 6.77. The average Bonchev–Trinajstić information content (AvgIpc) is 2.62. The predicted octanol–water partition coefficient (Wildman–Crippen LogP) is 1.02. The summed E-state index contributed by atoms with van der Waals surface area (Å²) in [7, 11) is 2.16. The van der Waals surface area contributed by atoms with Gasteiger partial charge in [-0.2, -0.15) is 0 Å². The van der Waals surface area contributed by atoms with E-state index < -0.39 is 0 Å². The molecule has 6 nitrogen and oxygen atoms in total. The fraction of sp³-hybridized carbons (Fsp3) is 0.611. The van der Waals surface area contributed by atoms with Crippen LogP contribution in [-0.4, -0.2) is 74.1 Å². The largest absolute Gasteiger partial charge is 0.398 e. The van der Waals surface area contributed by atoms with E-state index in [9.17, 15) is 4.79 Å². The second-order valence-electron chi connectivity index (χ2n) is 7.15. The number of nitrogens with two attached hydrogens (primary N) is 1. The Hall–Kier alpha value is -1.34. The fourth-order valence-corrected chi connectivity index (χ4v) is 4.16. The van der Waals surface area contributed by atoms with Crippen molar-refractivity contribution in [2.45, 2.75) is 18.4 Å². The van der Waals surface area contributed by atoms with Crippen LogP contribution >= 0.6 is 11.6 Å². The van der Waals surface area contributed by atoms with Crippen molar-refractivity contribution in [2.75, 3.05) is 58.6 Å². The second-order valence-corrected chi connectivity index (χ2v) is 7.56. The third-order valence-corrected chi connectivity index (χ3v) is 5.87. The van der Waals surface area contributed by atoms with Crippen molar-refractivity contribution in [1.29, 1.82) is 0 Å². The molecule has 0 unspecified atom stereocenters. The molecule has 1 amide bonds. The first kappa shape index (κ1) is 18.5. The third kappa shape index (κ3) is 4.08. The number of piperazine rings is 1. The molecule has 0 aliphatic carbocycles. The minimum Gasteiger partial charge on any atom is -0.398 e. The molecule has 0 saturated carbocycles. The van der Waals surface area contributed by atoms with Gasteiger partial charge in [0.2, 0.25) is 0 Å². The number of halogens is 1. The predicted molar refractivity (Wildman–Crippen MR) is 102 cm³/mol. The molecule has 0 atom stereocenters. The number of rotatable bonds is 4. The Balaban J connectivity index is 1.73. The SMILES string of the molecule is CN1CCC(CNC(=O)c2c(N)cccc2Cl)(N2CCNCC2)CC1. The zero-order valence-electron chi connectivity index (χ0n) is 14.9. The van der Waals surface area contributed by atoms with Crippen LogP contribution in [-0.2, 0) is 0 Å². The van der Waals surface area contributed by atoms with Crippen LogP contribution in [0.2, 0.25) is 5.02 Å². The lowest BCUT2D eigenvalue weighted by Gasteiger charge is -2.50. The van der Waals surface area contributed by atoms with Gasteiger partial charge in [0.15, 0.2) is 0 Å². The Bertz CT molecular complexity index is 589. The molecule has 2 saturated heterocycles. The molecule has 0 bridgehead atoms. The lowest BCUT2D eigenvalue weighted by atomic mass is 9.85. The molecule has 0 spiro atoms. The minimum absolute atomic E-state index is 0.0142. The van der Waals surface area contributed by atoms with Gasteiger partial charge in [0.1, 0.15) is 0 Å². The number of likely N-dealkylation sites (tertiary alicyclic amines) is 1. The lowest BCUT2D eigenvalue weighted by molar-refractivity contribution is 0.0190. The summed E-state index contributed by atoms with van der Waals surface area (Å²) < 4.78 is 0. The van der Waals surface area contributed by atoms with Crippen LogP contribution in [0.3, 0.4) is 0 Å². The number of piperidine rings is 1. The highest BCUT2D eigenvalue weighted by atomic mass is 35.5. The van der Waals surface area contributed by atoms with Crippen molar-refractivity contribution in [3.8, 4) is 0 Å². The maximum absolute atomic E-state index is 12.7. The maximum Gasteiger partial charge on any atom is 0.254 e. The Morgan fingerprint density at radius 1 is 1.28 bits per heavy atom. The van der Waals surface area contributed by atoms with Gasteiger partial charge in [-0.05, 0) is 45.1 Å². The van der Waals surface area contributed by atoms with Crippen LogP contribution in [0.5, 0.6) is 0 Å². The number of carbonyl (C=O) groups is 1. The van der Waals surface area contributed by atoms with Crippen molar-refractivity contribution >= 4 is 23.2 Å². The summed E-state index contributed by atoms with van der Waals surface area (Å²) in [6.45, 7) is 6.78. The van der Waals surface area contributed by atoms with E-state index in [1.807, 2.05) is 0 Å². The van der Waals surface area contributed by atoms with E-state index in [2.05, 4.69) is 27.5 Å². The van der Waals surface area contributed by atoms with E-state index in [4.69, 9.17) is 17.3 Å². The molecule has 0 aromatic heterocycles. The lowest BCUT2D eigenvalue weighted by Crippen LogP contribution is -2.64. The van der Waals surface area contributed by atoms with Crippen LogP contribution in [0.15, 0.2) is 18.2 Å². The van der Waals surface area contributed by atoms with Gasteiger partial charge in [0, 0.05) is 44.0 Å². The van der Waals surface area contributed by atoms with E-state index in [1.165, 1.54) is 0 Å². The van der Waals surface area contributed by atoms with Crippen LogP contribution in [0.1, 0.15) is 23.2 Å². The van der Waals surface area contributed by atoms with Gasteiger partial charge in [-0.3, -0.25) is 9.69 Å². The molecule has 2 aliphatic heterocycles. The molecule has 1 aromatic carbocycles. The van der Waals surface area contributed by atoms with Crippen molar-refractivity contribution in [3.05, 3.63) is 28.8 Å². The molecule has 4 N–H and O–H groups in total. The number of carbonyl (C=O) groups excluding carboxylic acids is 1. The molecule has 2 fully saturated rings. The highest BCUT2D eigenvalue weighted by Crippen LogP contribution is 2.29. The summed E-state index contributed by atoms with van der Waals surface area (Å²) in [5, 5.41) is 6.93. The summed E-state index contributed by atoms with van der Waals surface area (Å²) in [6, 6.07) is 5.17. The first-order valence-corrected chi connectivity index (χ1v) is 9.36. The molecule has 7 heteroatoms. The Kier molecular flexibility index (Phi) is 5.84. The van der Waals surface area contributed by atoms with Crippen molar-refractivity contribution in [2.24, 2.45) is 0 Å². The van der Waals surface area contributed by atoms with Gasteiger partial charge in [0.05, 0.1) is 10.6 Å². The number of nitrogen functional groups attached to an aromatic ring is 1. The molecular weight excluding hydrogens is 338 g/mol. The van der Waals surface area contributed by atoms with E-state index in [-0.39, 0.29) is 11.4 Å². The molecule has 2 aliphatic rings. The van der Waals surface area contributed by atoms with Gasteiger partial charge in [-0.25, -0.2) is 0 Å². The third-order valence-electron chi connectivity index (χ3n) is 5.56. The summed E-state index contributed by atoms with van der Waals surface area (Å²) in [5.74, 6) is -0.184. The number of amides is 1. The maximum atomic E-state index is 12.7. The van der Waals surface area contributed by atoms with Gasteiger partial charge < -0.3 is 21.3 Å². The number of hydrogen-bond acceptors (Lipinski definition) is 5. The Labute approximate surface area is 154 Å². The van der Waals surface area contributed by atoms with Crippen LogP contribution in [0.25, 0.3) is 0 Å². The van der Waals surface area contributed by atoms with Crippen LogP contribution < -0.4 is 16.4 Å². The zero-order chi connectivity index (χ0) is 17.9. The van der Waals surface area contributed by atoms with Gasteiger partial charge >= 0.3 is 0 Å². The van der Waals surface area contributed by atoms with E-state index in [1.54, 1.807) is 18.2 Å². The normalized spacial score (nSPS) is 21.8. The van der Waals surface area contributed by atoms with E-state index in [0.29, 0.717) is 22.8 Å². The molecular formula is C18H28ClN5O. The highest BCUT2D eigenvalue weighted by molar-refractivity contribution is 6.34. The Morgan fingerprint density at radius 2 is 1.96 bits per heavy atom. The standard InChI is InChI=1S/C18H28ClN5O/c1-23-9-5-18(6-10-23,24-11-7-21-8-12-24)13-22-17(25)16-14(19)3-2-4-15(16)20/h2-4,21H,5-13,20H2,1H3,(H,22,25). The van der Waals surface area contributed by atoms with Crippen molar-refractivity contribution in [1.82, 2.24) is 20.4 Å². The summed E-state index contributed by atoms with van der Waals surface area (Å²) in [6.07, 6.45) is 2.11. The van der Waals surface area contributed by atoms with E-state index in [0.717, 1.165) is 52.1 Å². The quantitative estimate of drug-likeness (QED) is 0.695. The highest BCUT2D eigenvalue weighted by Gasteiger charge is 2.40. The topological polar surface area (TPSA) is 73.6 Å². The first-order valence-electron chi connectivity index (χ1n) is 8.98. The molecule has 0 radical (unpaired) electrons. The summed E-state index contributed by atoms with van der Waals surface area (Å²) >= 11 is 6.18.